The Morgan fingerprint density at radius 1 is 1.43 bits per heavy atom. The maximum Gasteiger partial charge on any atom is 0.559 e. The Hall–Kier alpha value is -1.82. The molecule has 0 saturated carbocycles. The second kappa shape index (κ2) is 5.03. The smallest absolute Gasteiger partial charge is 0.533 e. The van der Waals surface area contributed by atoms with Gasteiger partial charge in [-0.05, 0) is 5.46 Å². The van der Waals surface area contributed by atoms with Gasteiger partial charge in [0.15, 0.2) is 0 Å². The topological polar surface area (TPSA) is 72.6 Å². The first kappa shape index (κ1) is 10.3. The Morgan fingerprint density at radius 2 is 2.07 bits per heavy atom. The predicted molar refractivity (Wildman–Crippen MR) is 51.3 cm³/mol. The molecule has 0 unspecified atom stereocenters. The van der Waals surface area contributed by atoms with Crippen LogP contribution in [0, 0.1) is 10.1 Å². The minimum atomic E-state index is -1.17. The molecule has 1 N–H and O–H groups in total. The van der Waals surface area contributed by atoms with E-state index in [0.29, 0.717) is 11.7 Å². The normalized spacial score (nSPS) is 10.1. The number of nitro groups is 1. The van der Waals surface area contributed by atoms with Gasteiger partial charge in [-0.15, -0.1) is 0 Å². The Balaban J connectivity index is 2.51. The molecule has 5 nitrogen and oxygen atoms in total. The van der Waals surface area contributed by atoms with Gasteiger partial charge in [0.25, 0.3) is 6.20 Å². The number of hydrogen-bond donors (Lipinski definition) is 1. The van der Waals surface area contributed by atoms with Crippen LogP contribution in [0.25, 0.3) is 0 Å². The first-order valence-corrected chi connectivity index (χ1v) is 3.89. The summed E-state index contributed by atoms with van der Waals surface area (Å²) in [5.74, 6) is 0. The third-order valence-electron chi connectivity index (χ3n) is 1.47. The van der Waals surface area contributed by atoms with E-state index in [2.05, 4.69) is 4.65 Å². The summed E-state index contributed by atoms with van der Waals surface area (Å²) in [6, 6.07) is 8.58. The van der Waals surface area contributed by atoms with Crippen LogP contribution < -0.4 is 5.46 Å². The zero-order chi connectivity index (χ0) is 10.4. The van der Waals surface area contributed by atoms with Crippen molar-refractivity contribution in [3.63, 3.8) is 0 Å². The highest BCUT2D eigenvalue weighted by Crippen LogP contribution is 1.89. The van der Waals surface area contributed by atoms with Crippen LogP contribution in [0.5, 0.6) is 0 Å². The van der Waals surface area contributed by atoms with Crippen molar-refractivity contribution in [3.05, 3.63) is 52.9 Å². The number of benzene rings is 1. The summed E-state index contributed by atoms with van der Waals surface area (Å²) in [4.78, 5) is 9.21. The second-order valence-electron chi connectivity index (χ2n) is 2.47. The summed E-state index contributed by atoms with van der Waals surface area (Å²) in [7, 11) is -1.17. The van der Waals surface area contributed by atoms with Crippen molar-refractivity contribution >= 4 is 12.6 Å². The molecule has 14 heavy (non-hydrogen) atoms. The first-order valence-electron chi connectivity index (χ1n) is 3.89. The maximum atomic E-state index is 9.87. The van der Waals surface area contributed by atoms with E-state index in [0.717, 1.165) is 6.26 Å². The van der Waals surface area contributed by atoms with Crippen molar-refractivity contribution in [2.75, 3.05) is 0 Å². The van der Waals surface area contributed by atoms with Gasteiger partial charge in [-0.2, -0.15) is 0 Å². The molecular weight excluding hydrogens is 185 g/mol. The number of nitrogens with zero attached hydrogens (tertiary/aromatic N) is 1. The molecule has 0 heterocycles. The van der Waals surface area contributed by atoms with Gasteiger partial charge in [-0.25, -0.2) is 0 Å². The molecule has 0 aromatic heterocycles. The van der Waals surface area contributed by atoms with Gasteiger partial charge in [0, 0.05) is 0 Å². The zero-order valence-corrected chi connectivity index (χ0v) is 7.24. The molecule has 0 amide bonds. The van der Waals surface area contributed by atoms with Crippen LogP contribution in [0.4, 0.5) is 0 Å². The van der Waals surface area contributed by atoms with Gasteiger partial charge >= 0.3 is 7.12 Å². The number of rotatable bonds is 4. The van der Waals surface area contributed by atoms with E-state index < -0.39 is 12.0 Å². The van der Waals surface area contributed by atoms with Crippen LogP contribution >= 0.6 is 0 Å². The molecule has 1 aromatic rings. The fourth-order valence-electron chi connectivity index (χ4n) is 0.855. The average molecular weight is 193 g/mol. The predicted octanol–water partition coefficient (Wildman–Crippen LogP) is 0.139. The lowest BCUT2D eigenvalue weighted by molar-refractivity contribution is -0.403. The summed E-state index contributed by atoms with van der Waals surface area (Å²) in [5, 5.41) is 19.2. The van der Waals surface area contributed by atoms with Gasteiger partial charge in [0.2, 0.25) is 0 Å². The summed E-state index contributed by atoms with van der Waals surface area (Å²) in [5.41, 5.74) is 0.542. The first-order chi connectivity index (χ1) is 6.70. The molecule has 0 aliphatic heterocycles. The largest absolute Gasteiger partial charge is 0.559 e. The monoisotopic (exact) mass is 193 g/mol. The molecule has 0 bridgehead atoms. The van der Waals surface area contributed by atoms with Crippen LogP contribution in [0.1, 0.15) is 0 Å². The van der Waals surface area contributed by atoms with Crippen LogP contribution in [-0.2, 0) is 4.65 Å². The molecule has 0 aliphatic carbocycles. The van der Waals surface area contributed by atoms with Crippen molar-refractivity contribution in [1.29, 1.82) is 0 Å². The van der Waals surface area contributed by atoms with Crippen molar-refractivity contribution in [2.24, 2.45) is 0 Å². The SMILES string of the molecule is O=[N+]([O-])C=COB(O)c1ccccc1. The molecule has 72 valence electrons. The lowest BCUT2D eigenvalue weighted by atomic mass is 9.80. The Labute approximate surface area is 80.9 Å². The molecule has 0 atom stereocenters. The van der Waals surface area contributed by atoms with Crippen molar-refractivity contribution in [1.82, 2.24) is 0 Å². The molecule has 0 saturated heterocycles. The number of hydrogen-bond acceptors (Lipinski definition) is 4. The minimum absolute atomic E-state index is 0.542. The third kappa shape index (κ3) is 3.28. The van der Waals surface area contributed by atoms with Gasteiger partial charge in [-0.1, -0.05) is 30.3 Å². The van der Waals surface area contributed by atoms with E-state index in [1.807, 2.05) is 0 Å². The second-order valence-corrected chi connectivity index (χ2v) is 2.47. The quantitative estimate of drug-likeness (QED) is 0.319. The van der Waals surface area contributed by atoms with E-state index in [4.69, 9.17) is 0 Å². The lowest BCUT2D eigenvalue weighted by Gasteiger charge is -2.03. The fraction of sp³-hybridized carbons (Fsp3) is 0. The highest BCUT2D eigenvalue weighted by Gasteiger charge is 2.15. The molecular formula is C8H8BNO4. The van der Waals surface area contributed by atoms with E-state index in [-0.39, 0.29) is 0 Å². The third-order valence-corrected chi connectivity index (χ3v) is 1.47. The highest BCUT2D eigenvalue weighted by atomic mass is 16.6. The molecule has 0 radical (unpaired) electrons. The van der Waals surface area contributed by atoms with E-state index in [1.165, 1.54) is 0 Å². The minimum Gasteiger partial charge on any atom is -0.533 e. The molecule has 0 fully saturated rings. The maximum absolute atomic E-state index is 9.87. The van der Waals surface area contributed by atoms with Gasteiger partial charge in [0.05, 0.1) is 4.92 Å². The standard InChI is InChI=1S/C8H8BNO4/c11-9(14-7-6-10(12)13)8-4-2-1-3-5-8/h1-7,11H. The van der Waals surface area contributed by atoms with E-state index >= 15 is 0 Å². The zero-order valence-electron chi connectivity index (χ0n) is 7.24. The Bertz CT molecular complexity index is 327. The molecule has 1 rings (SSSR count). The Kier molecular flexibility index (Phi) is 3.69. The van der Waals surface area contributed by atoms with Gasteiger partial charge in [0.1, 0.15) is 6.26 Å². The summed E-state index contributed by atoms with van der Waals surface area (Å²) in [6.07, 6.45) is 1.46. The highest BCUT2D eigenvalue weighted by molar-refractivity contribution is 6.60. The van der Waals surface area contributed by atoms with Gasteiger partial charge < -0.3 is 9.68 Å². The van der Waals surface area contributed by atoms with E-state index in [9.17, 15) is 15.1 Å². The van der Waals surface area contributed by atoms with Crippen molar-refractivity contribution in [3.8, 4) is 0 Å². The molecule has 6 heteroatoms. The van der Waals surface area contributed by atoms with Crippen LogP contribution in [0.2, 0.25) is 0 Å². The van der Waals surface area contributed by atoms with Gasteiger partial charge in [-0.3, -0.25) is 10.1 Å². The summed E-state index contributed by atoms with van der Waals surface area (Å²) < 4.78 is 4.67. The van der Waals surface area contributed by atoms with Crippen LogP contribution in [-0.4, -0.2) is 17.1 Å². The molecule has 1 aromatic carbocycles. The lowest BCUT2D eigenvalue weighted by Crippen LogP contribution is -2.31. The molecule has 0 spiro atoms. The Morgan fingerprint density at radius 3 is 2.64 bits per heavy atom. The average Bonchev–Trinajstić information content (AvgIpc) is 2.18. The summed E-state index contributed by atoms with van der Waals surface area (Å²) >= 11 is 0. The van der Waals surface area contributed by atoms with Crippen LogP contribution in [0.3, 0.4) is 0 Å². The summed E-state index contributed by atoms with van der Waals surface area (Å²) in [6.45, 7) is 0. The van der Waals surface area contributed by atoms with Crippen LogP contribution in [0.15, 0.2) is 42.8 Å². The fourth-order valence-corrected chi connectivity index (χ4v) is 0.855. The molecule has 0 aliphatic rings. The van der Waals surface area contributed by atoms with Crippen molar-refractivity contribution in [2.45, 2.75) is 0 Å². The van der Waals surface area contributed by atoms with E-state index in [1.54, 1.807) is 30.3 Å². The van der Waals surface area contributed by atoms with Crippen molar-refractivity contribution < 1.29 is 14.6 Å².